The van der Waals surface area contributed by atoms with Crippen LogP contribution in [0.3, 0.4) is 0 Å². The van der Waals surface area contributed by atoms with Gasteiger partial charge in [-0.1, -0.05) is 30.7 Å². The van der Waals surface area contributed by atoms with Gasteiger partial charge in [-0.25, -0.2) is 9.38 Å². The highest BCUT2D eigenvalue weighted by molar-refractivity contribution is 6.30. The Morgan fingerprint density at radius 2 is 2.30 bits per heavy atom. The number of rotatable bonds is 4. The van der Waals surface area contributed by atoms with E-state index in [1.54, 1.807) is 24.3 Å². The Balaban J connectivity index is 1.95. The zero-order valence-corrected chi connectivity index (χ0v) is 12.6. The Hall–Kier alpha value is -1.29. The molecule has 5 heteroatoms. The maximum absolute atomic E-state index is 14.7. The number of aliphatic imine (C=N–C) groups is 1. The van der Waals surface area contributed by atoms with Crippen LogP contribution >= 0.6 is 11.6 Å². The molecular formula is C15H21ClFN3. The fraction of sp³-hybridized carbons (Fsp3) is 0.533. The number of benzene rings is 1. The Morgan fingerprint density at radius 3 is 2.90 bits per heavy atom. The number of alkyl halides is 1. The highest BCUT2D eigenvalue weighted by Gasteiger charge is 2.46. The van der Waals surface area contributed by atoms with Crippen molar-refractivity contribution in [2.45, 2.75) is 50.9 Å². The standard InChI is InChI=1S/C15H21ClFN3/c1-3-10(2)19-14(18)20-13-8-15(17,9-13)11-5-4-6-12(16)7-11/h4-7,10,13H,3,8-9H2,1-2H3,(H3,18,19,20). The van der Waals surface area contributed by atoms with Gasteiger partial charge in [0.05, 0.1) is 6.04 Å². The van der Waals surface area contributed by atoms with E-state index in [1.807, 2.05) is 6.92 Å². The van der Waals surface area contributed by atoms with Gasteiger partial charge in [-0.2, -0.15) is 0 Å². The van der Waals surface area contributed by atoms with E-state index in [2.05, 4.69) is 17.2 Å². The summed E-state index contributed by atoms with van der Waals surface area (Å²) in [7, 11) is 0. The monoisotopic (exact) mass is 297 g/mol. The second-order valence-electron chi connectivity index (χ2n) is 5.51. The van der Waals surface area contributed by atoms with E-state index >= 15 is 0 Å². The van der Waals surface area contributed by atoms with Crippen LogP contribution < -0.4 is 11.1 Å². The summed E-state index contributed by atoms with van der Waals surface area (Å²) >= 11 is 5.90. The van der Waals surface area contributed by atoms with Gasteiger partial charge in [-0.3, -0.25) is 0 Å². The minimum Gasteiger partial charge on any atom is -0.370 e. The molecule has 3 nitrogen and oxygen atoms in total. The normalized spacial score (nSPS) is 27.8. The number of guanidine groups is 1. The minimum atomic E-state index is -1.32. The summed E-state index contributed by atoms with van der Waals surface area (Å²) in [6, 6.07) is 7.19. The molecule has 0 bridgehead atoms. The van der Waals surface area contributed by atoms with Crippen LogP contribution in [0.5, 0.6) is 0 Å². The molecule has 0 spiro atoms. The van der Waals surface area contributed by atoms with E-state index in [4.69, 9.17) is 17.3 Å². The zero-order valence-electron chi connectivity index (χ0n) is 11.9. The summed E-state index contributed by atoms with van der Waals surface area (Å²) < 4.78 is 14.7. The van der Waals surface area contributed by atoms with Gasteiger partial charge in [0.1, 0.15) is 5.67 Å². The Morgan fingerprint density at radius 1 is 1.60 bits per heavy atom. The third-order valence-corrected chi connectivity index (χ3v) is 4.02. The molecule has 0 aliphatic heterocycles. The molecule has 1 aliphatic carbocycles. The van der Waals surface area contributed by atoms with Crippen LogP contribution in [0.4, 0.5) is 4.39 Å². The molecule has 0 radical (unpaired) electrons. The summed E-state index contributed by atoms with van der Waals surface area (Å²) in [6.45, 7) is 4.11. The van der Waals surface area contributed by atoms with Crippen molar-refractivity contribution in [1.82, 2.24) is 5.32 Å². The molecule has 0 heterocycles. The summed E-state index contributed by atoms with van der Waals surface area (Å²) in [6.07, 6.45) is 1.68. The fourth-order valence-corrected chi connectivity index (χ4v) is 2.56. The van der Waals surface area contributed by atoms with Crippen LogP contribution in [-0.2, 0) is 5.67 Å². The highest BCUT2D eigenvalue weighted by Crippen LogP contribution is 2.47. The summed E-state index contributed by atoms with van der Waals surface area (Å²) in [5.41, 5.74) is 5.11. The first kappa shape index (κ1) is 15.1. The molecule has 20 heavy (non-hydrogen) atoms. The van der Waals surface area contributed by atoms with Crippen LogP contribution in [0, 0.1) is 0 Å². The quantitative estimate of drug-likeness (QED) is 0.661. The number of nitrogens with one attached hydrogen (secondary N) is 1. The van der Waals surface area contributed by atoms with Gasteiger partial charge in [-0.05, 0) is 31.0 Å². The number of hydrogen-bond acceptors (Lipinski definition) is 1. The van der Waals surface area contributed by atoms with Gasteiger partial charge in [0.2, 0.25) is 0 Å². The molecular weight excluding hydrogens is 277 g/mol. The molecule has 2 rings (SSSR count). The van der Waals surface area contributed by atoms with Crippen molar-refractivity contribution in [1.29, 1.82) is 0 Å². The molecule has 1 unspecified atom stereocenters. The molecule has 1 aliphatic rings. The lowest BCUT2D eigenvalue weighted by molar-refractivity contribution is 0.0413. The number of halogens is 2. The third-order valence-electron chi connectivity index (χ3n) is 3.79. The Labute approximate surface area is 124 Å². The van der Waals surface area contributed by atoms with Crippen molar-refractivity contribution in [3.05, 3.63) is 34.9 Å². The maximum atomic E-state index is 14.7. The van der Waals surface area contributed by atoms with Crippen molar-refractivity contribution < 1.29 is 4.39 Å². The molecule has 0 aromatic heterocycles. The number of nitrogens with zero attached hydrogens (tertiary/aromatic N) is 1. The topological polar surface area (TPSA) is 50.4 Å². The third kappa shape index (κ3) is 3.42. The maximum Gasteiger partial charge on any atom is 0.189 e. The van der Waals surface area contributed by atoms with Gasteiger partial charge in [0.25, 0.3) is 0 Å². The second-order valence-corrected chi connectivity index (χ2v) is 5.94. The van der Waals surface area contributed by atoms with Gasteiger partial charge in [-0.15, -0.1) is 0 Å². The molecule has 1 aromatic carbocycles. The largest absolute Gasteiger partial charge is 0.370 e. The van der Waals surface area contributed by atoms with Crippen LogP contribution in [-0.4, -0.2) is 18.0 Å². The number of hydrogen-bond donors (Lipinski definition) is 2. The average molecular weight is 298 g/mol. The number of nitrogens with two attached hydrogens (primary N) is 1. The van der Waals surface area contributed by atoms with Crippen molar-refractivity contribution in [3.63, 3.8) is 0 Å². The van der Waals surface area contributed by atoms with E-state index in [1.165, 1.54) is 0 Å². The van der Waals surface area contributed by atoms with Crippen molar-refractivity contribution in [2.75, 3.05) is 0 Å². The first-order valence-electron chi connectivity index (χ1n) is 6.97. The summed E-state index contributed by atoms with van der Waals surface area (Å²) in [4.78, 5) is 4.32. The molecule has 1 aromatic rings. The fourth-order valence-electron chi connectivity index (χ4n) is 2.37. The van der Waals surface area contributed by atoms with E-state index < -0.39 is 5.67 Å². The molecule has 110 valence electrons. The molecule has 0 amide bonds. The predicted octanol–water partition coefficient (Wildman–Crippen LogP) is 3.37. The van der Waals surface area contributed by atoms with Crippen molar-refractivity contribution in [2.24, 2.45) is 10.7 Å². The SMILES string of the molecule is CCC(C)NC(N)=NC1CC(F)(c2cccc(Cl)c2)C1. The van der Waals surface area contributed by atoms with Crippen LogP contribution in [0.1, 0.15) is 38.7 Å². The summed E-state index contributed by atoms with van der Waals surface area (Å²) in [5.74, 6) is 0.400. The van der Waals surface area contributed by atoms with Crippen molar-refractivity contribution in [3.8, 4) is 0 Å². The van der Waals surface area contributed by atoms with Gasteiger partial charge in [0, 0.05) is 23.9 Å². The molecule has 0 saturated heterocycles. The van der Waals surface area contributed by atoms with E-state index in [0.717, 1.165) is 6.42 Å². The average Bonchev–Trinajstić information content (AvgIpc) is 2.36. The zero-order chi connectivity index (χ0) is 14.8. The van der Waals surface area contributed by atoms with Gasteiger partial charge >= 0.3 is 0 Å². The summed E-state index contributed by atoms with van der Waals surface area (Å²) in [5, 5.41) is 3.65. The Bertz CT molecular complexity index is 498. The van der Waals surface area contributed by atoms with E-state index in [0.29, 0.717) is 29.4 Å². The van der Waals surface area contributed by atoms with E-state index in [-0.39, 0.29) is 12.1 Å². The molecule has 3 N–H and O–H groups in total. The van der Waals surface area contributed by atoms with Gasteiger partial charge in [0.15, 0.2) is 5.96 Å². The van der Waals surface area contributed by atoms with E-state index in [9.17, 15) is 4.39 Å². The smallest absolute Gasteiger partial charge is 0.189 e. The van der Waals surface area contributed by atoms with Crippen LogP contribution in [0.15, 0.2) is 29.3 Å². The van der Waals surface area contributed by atoms with Crippen LogP contribution in [0.2, 0.25) is 5.02 Å². The first-order chi connectivity index (χ1) is 9.43. The van der Waals surface area contributed by atoms with Crippen molar-refractivity contribution >= 4 is 17.6 Å². The second kappa shape index (κ2) is 6.00. The van der Waals surface area contributed by atoms with Gasteiger partial charge < -0.3 is 11.1 Å². The predicted molar refractivity (Wildman–Crippen MR) is 81.8 cm³/mol. The minimum absolute atomic E-state index is 0.0597. The molecule has 1 fully saturated rings. The van der Waals surface area contributed by atoms with Crippen LogP contribution in [0.25, 0.3) is 0 Å². The molecule has 1 saturated carbocycles. The Kier molecular flexibility index (Phi) is 4.53. The highest BCUT2D eigenvalue weighted by atomic mass is 35.5. The lowest BCUT2D eigenvalue weighted by Gasteiger charge is -2.39. The lowest BCUT2D eigenvalue weighted by Crippen LogP contribution is -2.44. The lowest BCUT2D eigenvalue weighted by atomic mass is 9.73. The first-order valence-corrected chi connectivity index (χ1v) is 7.35. The molecule has 1 atom stereocenters.